The number of guanidine groups is 1. The number of aryl methyl sites for hydroxylation is 1. The number of ether oxygens (including phenoxy) is 1. The molecular weight excluding hydrogens is 324 g/mol. The molecule has 0 atom stereocenters. The lowest BCUT2D eigenvalue weighted by Gasteiger charge is -2.10. The van der Waals surface area contributed by atoms with Crippen LogP contribution in [0.4, 0.5) is 5.82 Å². The Bertz CT molecular complexity index is 847. The summed E-state index contributed by atoms with van der Waals surface area (Å²) in [6, 6.07) is 21.6. The van der Waals surface area contributed by atoms with Crippen molar-refractivity contribution in [3.8, 4) is 11.5 Å². The fourth-order valence-corrected chi connectivity index (χ4v) is 2.46. The highest BCUT2D eigenvalue weighted by atomic mass is 16.5. The number of nitrogens with one attached hydrogen (secondary N) is 3. The van der Waals surface area contributed by atoms with E-state index in [0.29, 0.717) is 12.4 Å². The van der Waals surface area contributed by atoms with Gasteiger partial charge in [-0.15, -0.1) is 0 Å². The van der Waals surface area contributed by atoms with Crippen LogP contribution in [0.5, 0.6) is 11.5 Å². The van der Waals surface area contributed by atoms with Gasteiger partial charge in [0.05, 0.1) is 0 Å². The van der Waals surface area contributed by atoms with Gasteiger partial charge in [0.25, 0.3) is 0 Å². The van der Waals surface area contributed by atoms with E-state index in [1.165, 1.54) is 5.56 Å². The molecule has 0 amide bonds. The van der Waals surface area contributed by atoms with Crippen LogP contribution in [-0.4, -0.2) is 17.5 Å². The molecule has 0 aliphatic carbocycles. The first kappa shape index (κ1) is 17.5. The summed E-state index contributed by atoms with van der Waals surface area (Å²) in [7, 11) is 0. The average molecular weight is 346 g/mol. The zero-order chi connectivity index (χ0) is 18.2. The molecular formula is C21H22N4O. The van der Waals surface area contributed by atoms with Crippen LogP contribution in [0.25, 0.3) is 0 Å². The maximum Gasteiger partial charge on any atom is 0.194 e. The molecule has 0 saturated heterocycles. The van der Waals surface area contributed by atoms with E-state index in [0.717, 1.165) is 23.5 Å². The summed E-state index contributed by atoms with van der Waals surface area (Å²) in [6.45, 7) is 2.66. The Morgan fingerprint density at radius 1 is 1.00 bits per heavy atom. The molecule has 3 aromatic rings. The highest BCUT2D eigenvalue weighted by molar-refractivity contribution is 5.90. The molecule has 26 heavy (non-hydrogen) atoms. The lowest BCUT2D eigenvalue weighted by Crippen LogP contribution is -2.31. The first-order chi connectivity index (χ1) is 12.7. The first-order valence-corrected chi connectivity index (χ1v) is 8.53. The van der Waals surface area contributed by atoms with Gasteiger partial charge in [-0.25, -0.2) is 4.98 Å². The van der Waals surface area contributed by atoms with Crippen molar-refractivity contribution in [2.45, 2.75) is 13.3 Å². The van der Waals surface area contributed by atoms with E-state index in [-0.39, 0.29) is 5.96 Å². The van der Waals surface area contributed by atoms with E-state index in [9.17, 15) is 0 Å². The van der Waals surface area contributed by atoms with E-state index in [4.69, 9.17) is 10.1 Å². The number of benzene rings is 2. The molecule has 1 heterocycles. The highest BCUT2D eigenvalue weighted by Crippen LogP contribution is 2.21. The third kappa shape index (κ3) is 5.34. The molecule has 1 aromatic heterocycles. The second kappa shape index (κ2) is 8.67. The van der Waals surface area contributed by atoms with E-state index < -0.39 is 0 Å². The van der Waals surface area contributed by atoms with Gasteiger partial charge in [-0.05, 0) is 60.9 Å². The van der Waals surface area contributed by atoms with Crippen LogP contribution in [0.3, 0.4) is 0 Å². The fourth-order valence-electron chi connectivity index (χ4n) is 2.46. The quantitative estimate of drug-likeness (QED) is 0.458. The number of anilines is 1. The smallest absolute Gasteiger partial charge is 0.194 e. The largest absolute Gasteiger partial charge is 0.457 e. The van der Waals surface area contributed by atoms with E-state index in [2.05, 4.69) is 15.6 Å². The Balaban J connectivity index is 1.44. The molecule has 0 spiro atoms. The average Bonchev–Trinajstić information content (AvgIpc) is 2.64. The van der Waals surface area contributed by atoms with Crippen LogP contribution in [0.15, 0.2) is 72.9 Å². The minimum Gasteiger partial charge on any atom is -0.457 e. The van der Waals surface area contributed by atoms with Gasteiger partial charge in [0.1, 0.15) is 17.3 Å². The van der Waals surface area contributed by atoms with Crippen molar-refractivity contribution in [2.75, 3.05) is 11.9 Å². The monoisotopic (exact) mass is 346 g/mol. The first-order valence-electron chi connectivity index (χ1n) is 8.53. The minimum absolute atomic E-state index is 0.243. The van der Waals surface area contributed by atoms with Crippen LogP contribution >= 0.6 is 0 Å². The van der Waals surface area contributed by atoms with Crippen molar-refractivity contribution >= 4 is 11.8 Å². The van der Waals surface area contributed by atoms with E-state index in [1.54, 1.807) is 6.20 Å². The molecule has 0 aliphatic heterocycles. The van der Waals surface area contributed by atoms with Gasteiger partial charge in [-0.1, -0.05) is 30.3 Å². The zero-order valence-electron chi connectivity index (χ0n) is 14.7. The molecule has 0 bridgehead atoms. The maximum absolute atomic E-state index is 7.94. The summed E-state index contributed by atoms with van der Waals surface area (Å²) >= 11 is 0. The molecule has 0 fully saturated rings. The standard InChI is InChI=1S/C21H22N4O/c1-16-11-13-23-20(15-16)25-21(22)24-14-12-17-7-9-19(10-8-17)26-18-5-3-2-4-6-18/h2-11,13,15H,12,14H2,1H3,(H3,22,23,24,25). The van der Waals surface area contributed by atoms with Crippen LogP contribution in [0.1, 0.15) is 11.1 Å². The molecule has 3 N–H and O–H groups in total. The van der Waals surface area contributed by atoms with Crippen molar-refractivity contribution in [1.29, 1.82) is 5.41 Å². The number of nitrogens with zero attached hydrogens (tertiary/aromatic N) is 1. The minimum atomic E-state index is 0.243. The lowest BCUT2D eigenvalue weighted by atomic mass is 10.1. The summed E-state index contributed by atoms with van der Waals surface area (Å²) in [5, 5.41) is 13.9. The van der Waals surface area contributed by atoms with Crippen molar-refractivity contribution < 1.29 is 4.74 Å². The Hall–Kier alpha value is -3.34. The third-order valence-electron chi connectivity index (χ3n) is 3.79. The SMILES string of the molecule is Cc1ccnc(NC(=N)NCCc2ccc(Oc3ccccc3)cc2)c1. The van der Waals surface area contributed by atoms with Gasteiger partial charge >= 0.3 is 0 Å². The summed E-state index contributed by atoms with van der Waals surface area (Å²) in [5.74, 6) is 2.55. The molecule has 3 rings (SSSR count). The maximum atomic E-state index is 7.94. The van der Waals surface area contributed by atoms with Gasteiger partial charge < -0.3 is 15.4 Å². The lowest BCUT2D eigenvalue weighted by molar-refractivity contribution is 0.482. The predicted octanol–water partition coefficient (Wildman–Crippen LogP) is 4.36. The summed E-state index contributed by atoms with van der Waals surface area (Å²) in [4.78, 5) is 4.18. The van der Waals surface area contributed by atoms with Crippen LogP contribution in [0.2, 0.25) is 0 Å². The summed E-state index contributed by atoms with van der Waals surface area (Å²) in [5.41, 5.74) is 2.28. The van der Waals surface area contributed by atoms with E-state index >= 15 is 0 Å². The molecule has 0 radical (unpaired) electrons. The molecule has 2 aromatic carbocycles. The molecule has 0 saturated carbocycles. The van der Waals surface area contributed by atoms with Crippen LogP contribution in [-0.2, 0) is 6.42 Å². The number of hydrogen-bond donors (Lipinski definition) is 3. The number of hydrogen-bond acceptors (Lipinski definition) is 3. The van der Waals surface area contributed by atoms with Crippen molar-refractivity contribution in [3.05, 3.63) is 84.1 Å². The Labute approximate surface area is 153 Å². The van der Waals surface area contributed by atoms with E-state index in [1.807, 2.05) is 73.7 Å². The van der Waals surface area contributed by atoms with Gasteiger partial charge in [-0.3, -0.25) is 5.41 Å². The molecule has 132 valence electrons. The van der Waals surface area contributed by atoms with Gasteiger partial charge in [0.15, 0.2) is 5.96 Å². The van der Waals surface area contributed by atoms with Crippen molar-refractivity contribution in [1.82, 2.24) is 10.3 Å². The van der Waals surface area contributed by atoms with Crippen LogP contribution in [0, 0.1) is 12.3 Å². The number of rotatable bonds is 6. The number of para-hydroxylation sites is 1. The topological polar surface area (TPSA) is 70.0 Å². The van der Waals surface area contributed by atoms with Gasteiger partial charge in [0, 0.05) is 12.7 Å². The molecule has 0 unspecified atom stereocenters. The molecule has 5 heteroatoms. The van der Waals surface area contributed by atoms with Gasteiger partial charge in [-0.2, -0.15) is 0 Å². The second-order valence-corrected chi connectivity index (χ2v) is 5.95. The van der Waals surface area contributed by atoms with Crippen molar-refractivity contribution in [3.63, 3.8) is 0 Å². The number of pyridine rings is 1. The van der Waals surface area contributed by atoms with Crippen LogP contribution < -0.4 is 15.4 Å². The highest BCUT2D eigenvalue weighted by Gasteiger charge is 2.01. The second-order valence-electron chi connectivity index (χ2n) is 5.95. The molecule has 0 aliphatic rings. The third-order valence-corrected chi connectivity index (χ3v) is 3.79. The fraction of sp³-hybridized carbons (Fsp3) is 0.143. The van der Waals surface area contributed by atoms with Crippen molar-refractivity contribution in [2.24, 2.45) is 0 Å². The zero-order valence-corrected chi connectivity index (χ0v) is 14.7. The Morgan fingerprint density at radius 3 is 2.46 bits per heavy atom. The predicted molar refractivity (Wildman–Crippen MR) is 105 cm³/mol. The number of aromatic nitrogens is 1. The van der Waals surface area contributed by atoms with Gasteiger partial charge in [0.2, 0.25) is 0 Å². The summed E-state index contributed by atoms with van der Waals surface area (Å²) in [6.07, 6.45) is 2.54. The Kier molecular flexibility index (Phi) is 5.83. The molecule has 5 nitrogen and oxygen atoms in total. The summed E-state index contributed by atoms with van der Waals surface area (Å²) < 4.78 is 5.79. The normalized spacial score (nSPS) is 10.2. The Morgan fingerprint density at radius 2 is 1.73 bits per heavy atom.